The minimum atomic E-state index is -0.816. The average Bonchev–Trinajstić information content (AvgIpc) is 3.18. The standard InChI is InChI=1S/C25H33NO6S/c1-15(2)12-18-9-10-19(33-18)13-17(4)23(28)22-20(27)14-21(32-24(22)29)16(3)8-6-7-11-26-25(30)31-5/h7,9-11,14-17,27H,6,8,12-13H2,1-5H3,(H,26,30)/b11-7+. The maximum absolute atomic E-state index is 12.9. The number of Topliss-reactive ketones (excluding diaryl/α,β-unsaturated/α-hetero) is 1. The molecular formula is C25H33NO6S. The van der Waals surface area contributed by atoms with Gasteiger partial charge in [-0.15, -0.1) is 11.3 Å². The highest BCUT2D eigenvalue weighted by Crippen LogP contribution is 2.28. The molecule has 2 N–H and O–H groups in total. The number of allylic oxidation sites excluding steroid dienone is 1. The second kappa shape index (κ2) is 12.4. The molecule has 0 spiro atoms. The number of carbonyl (C=O) groups excluding carboxylic acids is 2. The number of amides is 1. The first-order valence-electron chi connectivity index (χ1n) is 11.1. The Balaban J connectivity index is 2.03. The number of hydrogen-bond acceptors (Lipinski definition) is 7. The summed E-state index contributed by atoms with van der Waals surface area (Å²) in [6.45, 7) is 7.94. The number of rotatable bonds is 11. The molecule has 0 saturated carbocycles. The number of carbonyl (C=O) groups is 2. The number of ketones is 1. The van der Waals surface area contributed by atoms with Crippen LogP contribution in [0, 0.1) is 11.8 Å². The van der Waals surface area contributed by atoms with Gasteiger partial charge in [0.15, 0.2) is 5.78 Å². The highest BCUT2D eigenvalue weighted by Gasteiger charge is 2.25. The molecule has 0 aliphatic heterocycles. The zero-order chi connectivity index (χ0) is 24.5. The smallest absolute Gasteiger partial charge is 0.410 e. The van der Waals surface area contributed by atoms with Crippen LogP contribution in [0.1, 0.15) is 72.3 Å². The normalized spacial score (nSPS) is 13.3. The van der Waals surface area contributed by atoms with Crippen molar-refractivity contribution in [3.05, 3.63) is 62.0 Å². The highest BCUT2D eigenvalue weighted by atomic mass is 32.1. The lowest BCUT2D eigenvalue weighted by atomic mass is 9.95. The molecule has 0 fully saturated rings. The first-order valence-corrected chi connectivity index (χ1v) is 11.9. The van der Waals surface area contributed by atoms with Gasteiger partial charge in [-0.25, -0.2) is 9.59 Å². The first kappa shape index (κ1) is 26.4. The first-order chi connectivity index (χ1) is 15.6. The summed E-state index contributed by atoms with van der Waals surface area (Å²) in [4.78, 5) is 38.8. The molecule has 0 aromatic carbocycles. The van der Waals surface area contributed by atoms with E-state index in [0.29, 0.717) is 30.9 Å². The Bertz CT molecular complexity index is 1040. The third-order valence-corrected chi connectivity index (χ3v) is 6.36. The lowest BCUT2D eigenvalue weighted by Gasteiger charge is -2.13. The molecule has 0 radical (unpaired) electrons. The van der Waals surface area contributed by atoms with Crippen LogP contribution in [0.15, 0.2) is 39.7 Å². The van der Waals surface area contributed by atoms with Gasteiger partial charge in [-0.3, -0.25) is 10.1 Å². The molecule has 1 amide bonds. The van der Waals surface area contributed by atoms with Gasteiger partial charge >= 0.3 is 11.7 Å². The molecular weight excluding hydrogens is 442 g/mol. The Hall–Kier alpha value is -2.87. The van der Waals surface area contributed by atoms with E-state index in [2.05, 4.69) is 30.0 Å². The lowest BCUT2D eigenvalue weighted by molar-refractivity contribution is 0.0922. The van der Waals surface area contributed by atoms with Gasteiger partial charge in [-0.2, -0.15) is 0 Å². The van der Waals surface area contributed by atoms with Crippen molar-refractivity contribution in [3.8, 4) is 5.75 Å². The number of methoxy groups -OCH3 is 1. The van der Waals surface area contributed by atoms with Gasteiger partial charge in [-0.05, 0) is 43.7 Å². The van der Waals surface area contributed by atoms with Crippen LogP contribution in [0.3, 0.4) is 0 Å². The van der Waals surface area contributed by atoms with Crippen LogP contribution in [-0.2, 0) is 17.6 Å². The molecule has 0 aliphatic rings. The molecule has 2 aromatic heterocycles. The molecule has 2 rings (SSSR count). The minimum Gasteiger partial charge on any atom is -0.507 e. The van der Waals surface area contributed by atoms with E-state index in [1.807, 2.05) is 13.0 Å². The fourth-order valence-electron chi connectivity index (χ4n) is 3.41. The van der Waals surface area contributed by atoms with Crippen molar-refractivity contribution in [1.29, 1.82) is 0 Å². The van der Waals surface area contributed by atoms with E-state index in [-0.39, 0.29) is 17.2 Å². The second-order valence-corrected chi connectivity index (χ2v) is 9.90. The van der Waals surface area contributed by atoms with Crippen LogP contribution in [0.25, 0.3) is 0 Å². The van der Waals surface area contributed by atoms with E-state index >= 15 is 0 Å². The molecule has 33 heavy (non-hydrogen) atoms. The molecule has 0 bridgehead atoms. The fourth-order valence-corrected chi connectivity index (χ4v) is 4.77. The SMILES string of the molecule is COC(=O)N/C=C/CCC(C)c1cc(O)c(C(=O)C(C)Cc2ccc(CC(C)C)s2)c(=O)o1. The number of hydrogen-bond donors (Lipinski definition) is 2. The van der Waals surface area contributed by atoms with Gasteiger partial charge in [0.05, 0.1) is 7.11 Å². The Morgan fingerprint density at radius 2 is 1.85 bits per heavy atom. The molecule has 180 valence electrons. The van der Waals surface area contributed by atoms with Crippen molar-refractivity contribution in [1.82, 2.24) is 5.32 Å². The Kier molecular flexibility index (Phi) is 9.91. The second-order valence-electron chi connectivity index (χ2n) is 8.65. The fraction of sp³-hybridized carbons (Fsp3) is 0.480. The summed E-state index contributed by atoms with van der Waals surface area (Å²) < 4.78 is 9.85. The summed E-state index contributed by atoms with van der Waals surface area (Å²) in [6, 6.07) is 5.46. The largest absolute Gasteiger partial charge is 0.507 e. The molecule has 0 aliphatic carbocycles. The quantitative estimate of drug-likeness (QED) is 0.420. The topological polar surface area (TPSA) is 106 Å². The number of nitrogens with one attached hydrogen (secondary N) is 1. The summed E-state index contributed by atoms with van der Waals surface area (Å²) >= 11 is 1.68. The van der Waals surface area contributed by atoms with Crippen molar-refractivity contribution in [2.45, 2.75) is 59.3 Å². The maximum Gasteiger partial charge on any atom is 0.410 e. The van der Waals surface area contributed by atoms with E-state index in [1.165, 1.54) is 24.3 Å². The maximum atomic E-state index is 12.9. The van der Waals surface area contributed by atoms with E-state index in [4.69, 9.17) is 4.42 Å². The summed E-state index contributed by atoms with van der Waals surface area (Å²) in [5, 5.41) is 12.9. The van der Waals surface area contributed by atoms with Crippen molar-refractivity contribution in [3.63, 3.8) is 0 Å². The van der Waals surface area contributed by atoms with Crippen LogP contribution in [0.5, 0.6) is 5.75 Å². The Morgan fingerprint density at radius 3 is 2.45 bits per heavy atom. The number of aromatic hydroxyl groups is 1. The van der Waals surface area contributed by atoms with Gasteiger partial charge < -0.3 is 14.3 Å². The van der Waals surface area contributed by atoms with Crippen molar-refractivity contribution >= 4 is 23.2 Å². The summed E-state index contributed by atoms with van der Waals surface area (Å²) in [5.41, 5.74) is -1.11. The minimum absolute atomic E-state index is 0.168. The van der Waals surface area contributed by atoms with E-state index < -0.39 is 23.4 Å². The van der Waals surface area contributed by atoms with Gasteiger partial charge in [0, 0.05) is 33.9 Å². The Morgan fingerprint density at radius 1 is 1.18 bits per heavy atom. The summed E-state index contributed by atoms with van der Waals surface area (Å²) in [7, 11) is 1.28. The van der Waals surface area contributed by atoms with Gasteiger partial charge in [0.2, 0.25) is 0 Å². The molecule has 7 nitrogen and oxygen atoms in total. The predicted molar refractivity (Wildman–Crippen MR) is 129 cm³/mol. The van der Waals surface area contributed by atoms with Crippen LogP contribution in [-0.4, -0.2) is 24.1 Å². The Labute approximate surface area is 198 Å². The van der Waals surface area contributed by atoms with Gasteiger partial charge in [0.25, 0.3) is 0 Å². The van der Waals surface area contributed by atoms with Crippen molar-refractivity contribution in [2.24, 2.45) is 11.8 Å². The molecule has 2 unspecified atom stereocenters. The van der Waals surface area contributed by atoms with E-state index in [9.17, 15) is 19.5 Å². The summed E-state index contributed by atoms with van der Waals surface area (Å²) in [6.07, 6.45) is 5.39. The predicted octanol–water partition coefficient (Wildman–Crippen LogP) is 5.42. The molecule has 8 heteroatoms. The molecule has 0 saturated heterocycles. The zero-order valence-corrected chi connectivity index (χ0v) is 20.7. The third-order valence-electron chi connectivity index (χ3n) is 5.23. The van der Waals surface area contributed by atoms with Crippen LogP contribution >= 0.6 is 11.3 Å². The highest BCUT2D eigenvalue weighted by molar-refractivity contribution is 7.12. The van der Waals surface area contributed by atoms with Crippen molar-refractivity contribution < 1.29 is 23.8 Å². The third kappa shape index (κ3) is 7.89. The summed E-state index contributed by atoms with van der Waals surface area (Å²) in [5.74, 6) is -0.521. The average molecular weight is 476 g/mol. The number of thiophene rings is 1. The van der Waals surface area contributed by atoms with Gasteiger partial charge in [-0.1, -0.05) is 33.8 Å². The van der Waals surface area contributed by atoms with Crippen LogP contribution in [0.2, 0.25) is 0 Å². The van der Waals surface area contributed by atoms with E-state index in [1.54, 1.807) is 24.3 Å². The van der Waals surface area contributed by atoms with Crippen LogP contribution in [0.4, 0.5) is 4.79 Å². The van der Waals surface area contributed by atoms with Gasteiger partial charge in [0.1, 0.15) is 17.1 Å². The van der Waals surface area contributed by atoms with Crippen molar-refractivity contribution in [2.75, 3.05) is 7.11 Å². The monoisotopic (exact) mass is 475 g/mol. The number of ether oxygens (including phenoxy) is 1. The van der Waals surface area contributed by atoms with E-state index in [0.717, 1.165) is 11.3 Å². The zero-order valence-electron chi connectivity index (χ0n) is 19.8. The molecule has 2 heterocycles. The lowest BCUT2D eigenvalue weighted by Crippen LogP contribution is -2.22. The molecule has 2 atom stereocenters. The number of alkyl carbamates (subject to hydrolysis) is 1. The molecule has 2 aromatic rings. The van der Waals surface area contributed by atoms with Crippen LogP contribution < -0.4 is 10.9 Å².